The van der Waals surface area contributed by atoms with E-state index in [0.717, 1.165) is 32.1 Å². The molecule has 4 nitrogen and oxygen atoms in total. The molecule has 1 rings (SSSR count). The van der Waals surface area contributed by atoms with Crippen molar-refractivity contribution in [2.75, 3.05) is 13.2 Å². The summed E-state index contributed by atoms with van der Waals surface area (Å²) in [5, 5.41) is 12.6. The van der Waals surface area contributed by atoms with Crippen LogP contribution in [-0.4, -0.2) is 36.4 Å². The summed E-state index contributed by atoms with van der Waals surface area (Å²) in [6.45, 7) is 4.52. The second-order valence-corrected chi connectivity index (χ2v) is 4.74. The van der Waals surface area contributed by atoms with Crippen molar-refractivity contribution >= 4 is 5.97 Å². The Bertz CT molecular complexity index is 233. The first kappa shape index (κ1) is 14.5. The van der Waals surface area contributed by atoms with Gasteiger partial charge in [-0.3, -0.25) is 4.79 Å². The van der Waals surface area contributed by atoms with Crippen molar-refractivity contribution in [3.63, 3.8) is 0 Å². The number of nitrogens with one attached hydrogen (secondary N) is 1. The van der Waals surface area contributed by atoms with Crippen molar-refractivity contribution in [2.24, 2.45) is 5.92 Å². The molecule has 1 aliphatic carbocycles. The molecule has 17 heavy (non-hydrogen) atoms. The maximum atomic E-state index is 11.8. The highest BCUT2D eigenvalue weighted by Gasteiger charge is 2.30. The SMILES string of the molecule is CCCC(NC1CCCC1CO)C(=O)OCC. The Kier molecular flexibility index (Phi) is 6.52. The zero-order valence-electron chi connectivity index (χ0n) is 10.9. The summed E-state index contributed by atoms with van der Waals surface area (Å²) in [6, 6.07) is 0.0538. The summed E-state index contributed by atoms with van der Waals surface area (Å²) in [5.74, 6) is 0.140. The smallest absolute Gasteiger partial charge is 0.323 e. The lowest BCUT2D eigenvalue weighted by atomic mass is 10.0. The molecule has 100 valence electrons. The number of esters is 1. The molecule has 3 atom stereocenters. The zero-order chi connectivity index (χ0) is 12.7. The first-order valence-corrected chi connectivity index (χ1v) is 6.76. The normalized spacial score (nSPS) is 25.8. The molecule has 0 saturated heterocycles. The summed E-state index contributed by atoms with van der Waals surface area (Å²) in [6.07, 6.45) is 4.98. The van der Waals surface area contributed by atoms with Crippen LogP contribution in [0.2, 0.25) is 0 Å². The van der Waals surface area contributed by atoms with Crippen molar-refractivity contribution in [2.45, 2.75) is 58.0 Å². The zero-order valence-corrected chi connectivity index (χ0v) is 10.9. The van der Waals surface area contributed by atoms with Gasteiger partial charge in [-0.15, -0.1) is 0 Å². The first-order valence-electron chi connectivity index (χ1n) is 6.76. The molecule has 0 aliphatic heterocycles. The molecular formula is C13H25NO3. The molecule has 0 aromatic carbocycles. The molecule has 0 radical (unpaired) electrons. The van der Waals surface area contributed by atoms with Gasteiger partial charge in [0.05, 0.1) is 6.61 Å². The van der Waals surface area contributed by atoms with Crippen molar-refractivity contribution in [3.8, 4) is 0 Å². The minimum absolute atomic E-state index is 0.155. The number of ether oxygens (including phenoxy) is 1. The Morgan fingerprint density at radius 2 is 2.24 bits per heavy atom. The van der Waals surface area contributed by atoms with Crippen LogP contribution in [0, 0.1) is 5.92 Å². The van der Waals surface area contributed by atoms with Gasteiger partial charge in [0.1, 0.15) is 6.04 Å². The van der Waals surface area contributed by atoms with Gasteiger partial charge < -0.3 is 15.2 Å². The minimum atomic E-state index is -0.211. The average molecular weight is 243 g/mol. The predicted molar refractivity (Wildman–Crippen MR) is 66.7 cm³/mol. The van der Waals surface area contributed by atoms with Gasteiger partial charge in [0.2, 0.25) is 0 Å². The molecule has 0 aromatic rings. The molecule has 2 N–H and O–H groups in total. The molecule has 0 aromatic heterocycles. The standard InChI is InChI=1S/C13H25NO3/c1-3-6-12(13(16)17-4-2)14-11-8-5-7-10(11)9-15/h10-12,14-15H,3-9H2,1-2H3. The molecule has 1 fully saturated rings. The molecule has 0 bridgehead atoms. The lowest BCUT2D eigenvalue weighted by Gasteiger charge is -2.24. The van der Waals surface area contributed by atoms with Crippen LogP contribution in [0.1, 0.15) is 46.0 Å². The van der Waals surface area contributed by atoms with Crippen LogP contribution >= 0.6 is 0 Å². The Balaban J connectivity index is 2.50. The number of aliphatic hydroxyl groups is 1. The molecular weight excluding hydrogens is 218 g/mol. The highest BCUT2D eigenvalue weighted by atomic mass is 16.5. The van der Waals surface area contributed by atoms with E-state index in [9.17, 15) is 9.90 Å². The Morgan fingerprint density at radius 3 is 2.82 bits per heavy atom. The summed E-state index contributed by atoms with van der Waals surface area (Å²) in [4.78, 5) is 11.8. The molecule has 0 amide bonds. The van der Waals surface area contributed by atoms with Crippen molar-refractivity contribution in [1.29, 1.82) is 0 Å². The van der Waals surface area contributed by atoms with Crippen LogP contribution in [-0.2, 0) is 9.53 Å². The van der Waals surface area contributed by atoms with E-state index in [0.29, 0.717) is 12.5 Å². The lowest BCUT2D eigenvalue weighted by Crippen LogP contribution is -2.46. The second-order valence-electron chi connectivity index (χ2n) is 4.74. The van der Waals surface area contributed by atoms with Gasteiger partial charge in [-0.1, -0.05) is 19.8 Å². The molecule has 4 heteroatoms. The number of hydrogen-bond acceptors (Lipinski definition) is 4. The van der Waals surface area contributed by atoms with Gasteiger partial charge in [0.15, 0.2) is 0 Å². The van der Waals surface area contributed by atoms with Crippen LogP contribution in [0.25, 0.3) is 0 Å². The Hall–Kier alpha value is -0.610. The number of carbonyl (C=O) groups excluding carboxylic acids is 1. The van der Waals surface area contributed by atoms with E-state index < -0.39 is 0 Å². The third-order valence-electron chi connectivity index (χ3n) is 3.46. The van der Waals surface area contributed by atoms with E-state index in [1.807, 2.05) is 6.92 Å². The number of hydrogen-bond donors (Lipinski definition) is 2. The summed E-state index contributed by atoms with van der Waals surface area (Å²) in [7, 11) is 0. The van der Waals surface area contributed by atoms with Gasteiger partial charge in [-0.2, -0.15) is 0 Å². The fourth-order valence-corrected chi connectivity index (χ4v) is 2.53. The van der Waals surface area contributed by atoms with Crippen LogP contribution < -0.4 is 5.32 Å². The summed E-state index contributed by atoms with van der Waals surface area (Å²) in [5.41, 5.74) is 0. The van der Waals surface area contributed by atoms with E-state index in [2.05, 4.69) is 12.2 Å². The van der Waals surface area contributed by atoms with Crippen LogP contribution in [0.5, 0.6) is 0 Å². The molecule has 3 unspecified atom stereocenters. The second kappa shape index (κ2) is 7.67. The third-order valence-corrected chi connectivity index (χ3v) is 3.46. The van der Waals surface area contributed by atoms with Crippen molar-refractivity contribution in [3.05, 3.63) is 0 Å². The van der Waals surface area contributed by atoms with E-state index >= 15 is 0 Å². The van der Waals surface area contributed by atoms with Gasteiger partial charge in [0.25, 0.3) is 0 Å². The van der Waals surface area contributed by atoms with Crippen LogP contribution in [0.3, 0.4) is 0 Å². The van der Waals surface area contributed by atoms with Gasteiger partial charge in [0, 0.05) is 12.6 Å². The van der Waals surface area contributed by atoms with E-state index in [1.54, 1.807) is 0 Å². The van der Waals surface area contributed by atoms with E-state index in [-0.39, 0.29) is 24.7 Å². The number of rotatable bonds is 7. The van der Waals surface area contributed by atoms with Gasteiger partial charge >= 0.3 is 5.97 Å². The fourth-order valence-electron chi connectivity index (χ4n) is 2.53. The molecule has 0 heterocycles. The highest BCUT2D eigenvalue weighted by Crippen LogP contribution is 2.25. The van der Waals surface area contributed by atoms with Crippen molar-refractivity contribution in [1.82, 2.24) is 5.32 Å². The van der Waals surface area contributed by atoms with Gasteiger partial charge in [-0.05, 0) is 32.1 Å². The Morgan fingerprint density at radius 1 is 1.47 bits per heavy atom. The first-order chi connectivity index (χ1) is 8.22. The fraction of sp³-hybridized carbons (Fsp3) is 0.923. The van der Waals surface area contributed by atoms with E-state index in [4.69, 9.17) is 4.74 Å². The van der Waals surface area contributed by atoms with Gasteiger partial charge in [-0.25, -0.2) is 0 Å². The molecule has 1 aliphatic rings. The average Bonchev–Trinajstić information content (AvgIpc) is 2.76. The number of aliphatic hydroxyl groups excluding tert-OH is 1. The van der Waals surface area contributed by atoms with Crippen LogP contribution in [0.15, 0.2) is 0 Å². The predicted octanol–water partition coefficient (Wildman–Crippen LogP) is 1.47. The maximum absolute atomic E-state index is 11.8. The highest BCUT2D eigenvalue weighted by molar-refractivity contribution is 5.75. The largest absolute Gasteiger partial charge is 0.465 e. The maximum Gasteiger partial charge on any atom is 0.323 e. The monoisotopic (exact) mass is 243 g/mol. The van der Waals surface area contributed by atoms with Crippen molar-refractivity contribution < 1.29 is 14.6 Å². The number of carbonyl (C=O) groups is 1. The summed E-state index contributed by atoms with van der Waals surface area (Å²) < 4.78 is 5.07. The minimum Gasteiger partial charge on any atom is -0.465 e. The molecule has 0 spiro atoms. The summed E-state index contributed by atoms with van der Waals surface area (Å²) >= 11 is 0. The van der Waals surface area contributed by atoms with Crippen LogP contribution in [0.4, 0.5) is 0 Å². The molecule has 1 saturated carbocycles. The Labute approximate surface area is 104 Å². The third kappa shape index (κ3) is 4.28. The topological polar surface area (TPSA) is 58.6 Å². The quantitative estimate of drug-likeness (QED) is 0.665. The lowest BCUT2D eigenvalue weighted by molar-refractivity contribution is -0.146. The van der Waals surface area contributed by atoms with E-state index in [1.165, 1.54) is 0 Å².